The molecule has 1 aromatic rings. The van der Waals surface area contributed by atoms with Crippen LogP contribution >= 0.6 is 0 Å². The van der Waals surface area contributed by atoms with Crippen LogP contribution in [0.4, 0.5) is 0 Å². The molecule has 2 heterocycles. The summed E-state index contributed by atoms with van der Waals surface area (Å²) in [6.07, 6.45) is 4.17. The molecule has 1 saturated heterocycles. The van der Waals surface area contributed by atoms with Crippen molar-refractivity contribution in [3.05, 3.63) is 18.0 Å². The van der Waals surface area contributed by atoms with E-state index in [9.17, 15) is 0 Å². The zero-order valence-corrected chi connectivity index (χ0v) is 8.66. The maximum absolute atomic E-state index is 4.14. The van der Waals surface area contributed by atoms with Crippen molar-refractivity contribution in [3.63, 3.8) is 0 Å². The van der Waals surface area contributed by atoms with E-state index >= 15 is 0 Å². The lowest BCUT2D eigenvalue weighted by Gasteiger charge is -2.10. The number of hydrogen-bond acceptors (Lipinski definition) is 3. The molecule has 0 aromatic carbocycles. The Kier molecular flexibility index (Phi) is 3.16. The van der Waals surface area contributed by atoms with Crippen molar-refractivity contribution in [1.29, 1.82) is 0 Å². The molecular formula is C10H18N4. The third-order valence-electron chi connectivity index (χ3n) is 2.80. The van der Waals surface area contributed by atoms with E-state index in [1.54, 1.807) is 0 Å². The Morgan fingerprint density at radius 2 is 2.64 bits per heavy atom. The molecule has 0 amide bonds. The van der Waals surface area contributed by atoms with Gasteiger partial charge in [-0.15, -0.1) is 0 Å². The molecule has 1 aliphatic heterocycles. The van der Waals surface area contributed by atoms with Crippen LogP contribution in [-0.2, 0) is 13.5 Å². The predicted octanol–water partition coefficient (Wildman–Crippen LogP) is -0.0859. The van der Waals surface area contributed by atoms with Gasteiger partial charge in [0.2, 0.25) is 0 Å². The number of hydrogen-bond donors (Lipinski definition) is 2. The van der Waals surface area contributed by atoms with E-state index in [0.717, 1.165) is 26.1 Å². The Hall–Kier alpha value is -0.870. The first-order chi connectivity index (χ1) is 6.86. The lowest BCUT2D eigenvalue weighted by Crippen LogP contribution is -2.32. The van der Waals surface area contributed by atoms with E-state index in [1.807, 2.05) is 17.9 Å². The van der Waals surface area contributed by atoms with E-state index in [4.69, 9.17) is 0 Å². The average Bonchev–Trinajstić information content (AvgIpc) is 2.78. The minimum Gasteiger partial charge on any atom is -0.315 e. The highest BCUT2D eigenvalue weighted by Crippen LogP contribution is 1.99. The molecule has 1 aliphatic rings. The van der Waals surface area contributed by atoms with Crippen LogP contribution in [-0.4, -0.2) is 35.5 Å². The molecule has 0 bridgehead atoms. The fourth-order valence-corrected chi connectivity index (χ4v) is 1.88. The minimum atomic E-state index is 0.670. The average molecular weight is 194 g/mol. The second-order valence-electron chi connectivity index (χ2n) is 3.84. The van der Waals surface area contributed by atoms with Gasteiger partial charge in [-0.3, -0.25) is 4.68 Å². The monoisotopic (exact) mass is 194 g/mol. The van der Waals surface area contributed by atoms with Crippen LogP contribution in [0.1, 0.15) is 12.1 Å². The fraction of sp³-hybridized carbons (Fsp3) is 0.700. The Bertz CT molecular complexity index is 275. The Labute approximate surface area is 84.7 Å². The molecule has 2 N–H and O–H groups in total. The highest BCUT2D eigenvalue weighted by atomic mass is 15.3. The number of aromatic nitrogens is 2. The molecule has 4 heteroatoms. The summed E-state index contributed by atoms with van der Waals surface area (Å²) in [4.78, 5) is 0. The van der Waals surface area contributed by atoms with Gasteiger partial charge in [-0.25, -0.2) is 0 Å². The van der Waals surface area contributed by atoms with Gasteiger partial charge in [0.05, 0.1) is 0 Å². The summed E-state index contributed by atoms with van der Waals surface area (Å²) in [7, 11) is 1.99. The van der Waals surface area contributed by atoms with Gasteiger partial charge in [0.15, 0.2) is 0 Å². The standard InChI is InChI=1S/C10H18N4/c1-14-10(4-7-13-14)3-6-12-9-2-5-11-8-9/h4,7,9,11-12H,2-3,5-6,8H2,1H3. The van der Waals surface area contributed by atoms with Crippen LogP contribution in [0.5, 0.6) is 0 Å². The zero-order chi connectivity index (χ0) is 9.80. The predicted molar refractivity (Wildman–Crippen MR) is 56.2 cm³/mol. The summed E-state index contributed by atoms with van der Waals surface area (Å²) in [5, 5.41) is 11.0. The summed E-state index contributed by atoms with van der Waals surface area (Å²) >= 11 is 0. The second kappa shape index (κ2) is 4.57. The minimum absolute atomic E-state index is 0.670. The number of aryl methyl sites for hydroxylation is 1. The Morgan fingerprint density at radius 3 is 3.29 bits per heavy atom. The summed E-state index contributed by atoms with van der Waals surface area (Å²) in [5.41, 5.74) is 1.29. The molecule has 2 rings (SSSR count). The van der Waals surface area contributed by atoms with Gasteiger partial charge >= 0.3 is 0 Å². The Morgan fingerprint density at radius 1 is 1.71 bits per heavy atom. The summed E-state index contributed by atoms with van der Waals surface area (Å²) in [5.74, 6) is 0. The van der Waals surface area contributed by atoms with Crippen molar-refractivity contribution in [3.8, 4) is 0 Å². The van der Waals surface area contributed by atoms with E-state index in [2.05, 4.69) is 21.8 Å². The molecule has 0 spiro atoms. The number of nitrogens with zero attached hydrogens (tertiary/aromatic N) is 2. The van der Waals surface area contributed by atoms with Crippen LogP contribution in [0.3, 0.4) is 0 Å². The molecule has 0 saturated carbocycles. The largest absolute Gasteiger partial charge is 0.315 e. The smallest absolute Gasteiger partial charge is 0.0492 e. The maximum Gasteiger partial charge on any atom is 0.0492 e. The van der Waals surface area contributed by atoms with E-state index in [-0.39, 0.29) is 0 Å². The molecule has 14 heavy (non-hydrogen) atoms. The molecule has 4 nitrogen and oxygen atoms in total. The normalized spacial score (nSPS) is 21.6. The van der Waals surface area contributed by atoms with Gasteiger partial charge in [0.25, 0.3) is 0 Å². The number of rotatable bonds is 4. The first-order valence-electron chi connectivity index (χ1n) is 5.27. The molecule has 0 radical (unpaired) electrons. The summed E-state index contributed by atoms with van der Waals surface area (Å²) in [6, 6.07) is 2.75. The maximum atomic E-state index is 4.14. The third-order valence-corrected chi connectivity index (χ3v) is 2.80. The summed E-state index contributed by atoms with van der Waals surface area (Å²) in [6.45, 7) is 3.32. The lowest BCUT2D eigenvalue weighted by molar-refractivity contribution is 0.541. The van der Waals surface area contributed by atoms with Crippen LogP contribution in [0.2, 0.25) is 0 Å². The van der Waals surface area contributed by atoms with Crippen LogP contribution in [0.15, 0.2) is 12.3 Å². The molecule has 78 valence electrons. The van der Waals surface area contributed by atoms with Gasteiger partial charge in [-0.1, -0.05) is 0 Å². The molecule has 1 unspecified atom stereocenters. The third kappa shape index (κ3) is 2.33. The first-order valence-corrected chi connectivity index (χ1v) is 5.27. The fourth-order valence-electron chi connectivity index (χ4n) is 1.88. The van der Waals surface area contributed by atoms with Crippen LogP contribution < -0.4 is 10.6 Å². The van der Waals surface area contributed by atoms with Crippen molar-refractivity contribution < 1.29 is 0 Å². The van der Waals surface area contributed by atoms with Crippen LogP contribution in [0.25, 0.3) is 0 Å². The molecular weight excluding hydrogens is 176 g/mol. The van der Waals surface area contributed by atoms with Crippen molar-refractivity contribution in [2.45, 2.75) is 18.9 Å². The van der Waals surface area contributed by atoms with E-state index in [0.29, 0.717) is 6.04 Å². The Balaban J connectivity index is 1.70. The first kappa shape index (κ1) is 9.68. The highest BCUT2D eigenvalue weighted by Gasteiger charge is 2.12. The molecule has 1 fully saturated rings. The molecule has 1 aromatic heterocycles. The van der Waals surface area contributed by atoms with Crippen molar-refractivity contribution in [1.82, 2.24) is 20.4 Å². The van der Waals surface area contributed by atoms with Gasteiger partial charge in [0.1, 0.15) is 0 Å². The van der Waals surface area contributed by atoms with Gasteiger partial charge < -0.3 is 10.6 Å². The van der Waals surface area contributed by atoms with Crippen molar-refractivity contribution >= 4 is 0 Å². The molecule has 0 aliphatic carbocycles. The lowest BCUT2D eigenvalue weighted by atomic mass is 10.2. The van der Waals surface area contributed by atoms with Crippen LogP contribution in [0, 0.1) is 0 Å². The molecule has 1 atom stereocenters. The van der Waals surface area contributed by atoms with Gasteiger partial charge in [-0.05, 0) is 19.0 Å². The quantitative estimate of drug-likeness (QED) is 0.704. The summed E-state index contributed by atoms with van der Waals surface area (Å²) < 4.78 is 1.94. The highest BCUT2D eigenvalue weighted by molar-refractivity contribution is 5.00. The van der Waals surface area contributed by atoms with Gasteiger partial charge in [-0.2, -0.15) is 5.10 Å². The number of nitrogens with one attached hydrogen (secondary N) is 2. The van der Waals surface area contributed by atoms with Crippen molar-refractivity contribution in [2.24, 2.45) is 7.05 Å². The topological polar surface area (TPSA) is 41.9 Å². The second-order valence-corrected chi connectivity index (χ2v) is 3.84. The van der Waals surface area contributed by atoms with Gasteiger partial charge in [0, 0.05) is 44.5 Å². The van der Waals surface area contributed by atoms with E-state index in [1.165, 1.54) is 12.1 Å². The van der Waals surface area contributed by atoms with E-state index < -0.39 is 0 Å². The SMILES string of the molecule is Cn1nccc1CCNC1CCNC1. The van der Waals surface area contributed by atoms with Crippen molar-refractivity contribution in [2.75, 3.05) is 19.6 Å². The zero-order valence-electron chi connectivity index (χ0n) is 8.66.